The SMILES string of the molecule is CCCN1CCN(C(=O)C2(C(N)=NO)CCCC2)CC1. The van der Waals surface area contributed by atoms with Gasteiger partial charge in [0, 0.05) is 26.2 Å². The highest BCUT2D eigenvalue weighted by Gasteiger charge is 2.47. The Morgan fingerprint density at radius 1 is 1.25 bits per heavy atom. The van der Waals surface area contributed by atoms with Crippen LogP contribution in [0.1, 0.15) is 39.0 Å². The Morgan fingerprint density at radius 3 is 2.35 bits per heavy atom. The van der Waals surface area contributed by atoms with Gasteiger partial charge in [0.2, 0.25) is 5.91 Å². The van der Waals surface area contributed by atoms with Crippen molar-refractivity contribution < 1.29 is 10.0 Å². The van der Waals surface area contributed by atoms with Crippen LogP contribution in [0.3, 0.4) is 0 Å². The zero-order valence-corrected chi connectivity index (χ0v) is 12.3. The highest BCUT2D eigenvalue weighted by atomic mass is 16.4. The van der Waals surface area contributed by atoms with Gasteiger partial charge in [0.25, 0.3) is 0 Å². The summed E-state index contributed by atoms with van der Waals surface area (Å²) in [6, 6.07) is 0. The van der Waals surface area contributed by atoms with Gasteiger partial charge >= 0.3 is 0 Å². The molecule has 0 aromatic rings. The van der Waals surface area contributed by atoms with Crippen molar-refractivity contribution in [2.24, 2.45) is 16.3 Å². The zero-order valence-electron chi connectivity index (χ0n) is 12.3. The quantitative estimate of drug-likeness (QED) is 0.346. The molecule has 1 amide bonds. The maximum Gasteiger partial charge on any atom is 0.236 e. The lowest BCUT2D eigenvalue weighted by molar-refractivity contribution is -0.140. The van der Waals surface area contributed by atoms with Crippen molar-refractivity contribution in [1.82, 2.24) is 9.80 Å². The van der Waals surface area contributed by atoms with Gasteiger partial charge in [-0.25, -0.2) is 0 Å². The van der Waals surface area contributed by atoms with Crippen molar-refractivity contribution in [3.8, 4) is 0 Å². The third-order valence-electron chi connectivity index (χ3n) is 4.66. The molecule has 1 aliphatic carbocycles. The Labute approximate surface area is 120 Å². The largest absolute Gasteiger partial charge is 0.409 e. The number of oxime groups is 1. The summed E-state index contributed by atoms with van der Waals surface area (Å²) in [5.41, 5.74) is 5.09. The summed E-state index contributed by atoms with van der Waals surface area (Å²) < 4.78 is 0. The minimum absolute atomic E-state index is 0.0569. The lowest BCUT2D eigenvalue weighted by Crippen LogP contribution is -2.55. The van der Waals surface area contributed by atoms with Crippen LogP contribution in [-0.2, 0) is 4.79 Å². The molecule has 0 aromatic heterocycles. The number of rotatable bonds is 4. The molecule has 2 aliphatic rings. The number of nitrogens with zero attached hydrogens (tertiary/aromatic N) is 3. The van der Waals surface area contributed by atoms with Gasteiger partial charge in [-0.2, -0.15) is 0 Å². The van der Waals surface area contributed by atoms with Crippen molar-refractivity contribution in [2.45, 2.75) is 39.0 Å². The first-order chi connectivity index (χ1) is 9.64. The van der Waals surface area contributed by atoms with E-state index in [0.717, 1.165) is 52.0 Å². The lowest BCUT2D eigenvalue weighted by atomic mass is 9.83. The van der Waals surface area contributed by atoms with Crippen LogP contribution in [0.4, 0.5) is 0 Å². The number of hydrogen-bond donors (Lipinski definition) is 2. The first-order valence-electron chi connectivity index (χ1n) is 7.64. The summed E-state index contributed by atoms with van der Waals surface area (Å²) in [6.07, 6.45) is 4.49. The molecule has 1 heterocycles. The third kappa shape index (κ3) is 2.75. The first-order valence-corrected chi connectivity index (χ1v) is 7.64. The molecule has 0 bridgehead atoms. The molecule has 20 heavy (non-hydrogen) atoms. The Bertz CT molecular complexity index is 369. The summed E-state index contributed by atoms with van der Waals surface area (Å²) in [7, 11) is 0. The second kappa shape index (κ2) is 6.43. The highest BCUT2D eigenvalue weighted by molar-refractivity contribution is 6.07. The monoisotopic (exact) mass is 282 g/mol. The average molecular weight is 282 g/mol. The average Bonchev–Trinajstić information content (AvgIpc) is 2.97. The molecule has 6 heteroatoms. The fraction of sp³-hybridized carbons (Fsp3) is 0.857. The smallest absolute Gasteiger partial charge is 0.236 e. The van der Waals surface area contributed by atoms with E-state index in [4.69, 9.17) is 10.9 Å². The van der Waals surface area contributed by atoms with Crippen molar-refractivity contribution in [3.63, 3.8) is 0 Å². The Morgan fingerprint density at radius 2 is 1.85 bits per heavy atom. The molecule has 114 valence electrons. The molecule has 1 aliphatic heterocycles. The van der Waals surface area contributed by atoms with Crippen molar-refractivity contribution in [2.75, 3.05) is 32.7 Å². The Hall–Kier alpha value is -1.30. The van der Waals surface area contributed by atoms with Crippen LogP contribution in [0.5, 0.6) is 0 Å². The summed E-state index contributed by atoms with van der Waals surface area (Å²) in [4.78, 5) is 17.1. The van der Waals surface area contributed by atoms with Crippen molar-refractivity contribution >= 4 is 11.7 Å². The van der Waals surface area contributed by atoms with Crippen LogP contribution in [0.15, 0.2) is 5.16 Å². The molecule has 3 N–H and O–H groups in total. The van der Waals surface area contributed by atoms with Gasteiger partial charge in [0.15, 0.2) is 5.84 Å². The molecular weight excluding hydrogens is 256 g/mol. The van der Waals surface area contributed by atoms with Crippen LogP contribution in [-0.4, -0.2) is 59.5 Å². The number of amidine groups is 1. The lowest BCUT2D eigenvalue weighted by Gasteiger charge is -2.39. The number of carbonyl (C=O) groups is 1. The van der Waals surface area contributed by atoms with E-state index in [1.54, 1.807) is 0 Å². The number of amides is 1. The Kier molecular flexibility index (Phi) is 4.86. The maximum absolute atomic E-state index is 12.8. The molecule has 6 nitrogen and oxygen atoms in total. The molecule has 0 radical (unpaired) electrons. The maximum atomic E-state index is 12.8. The van der Waals surface area contributed by atoms with Gasteiger partial charge in [-0.15, -0.1) is 0 Å². The van der Waals surface area contributed by atoms with Gasteiger partial charge in [-0.3, -0.25) is 9.69 Å². The van der Waals surface area contributed by atoms with Gasteiger partial charge < -0.3 is 15.8 Å². The fourth-order valence-electron chi connectivity index (χ4n) is 3.45. The van der Waals surface area contributed by atoms with Crippen LogP contribution >= 0.6 is 0 Å². The predicted molar refractivity (Wildman–Crippen MR) is 77.6 cm³/mol. The molecule has 2 rings (SSSR count). The topological polar surface area (TPSA) is 82.2 Å². The molecular formula is C14H26N4O2. The van der Waals surface area contributed by atoms with E-state index >= 15 is 0 Å². The van der Waals surface area contributed by atoms with Gasteiger partial charge in [-0.1, -0.05) is 24.9 Å². The summed E-state index contributed by atoms with van der Waals surface area (Å²) in [6.45, 7) is 6.60. The van der Waals surface area contributed by atoms with E-state index in [-0.39, 0.29) is 11.7 Å². The number of hydrogen-bond acceptors (Lipinski definition) is 4. The number of piperazine rings is 1. The summed E-state index contributed by atoms with van der Waals surface area (Å²) in [5, 5.41) is 12.1. The second-order valence-electron chi connectivity index (χ2n) is 5.91. The second-order valence-corrected chi connectivity index (χ2v) is 5.91. The standard InChI is InChI=1S/C14H26N4O2/c1-2-7-17-8-10-18(11-9-17)13(19)14(12(15)16-20)5-3-4-6-14/h20H,2-11H2,1H3,(H2,15,16). The third-order valence-corrected chi connectivity index (χ3v) is 4.66. The van der Waals surface area contributed by atoms with Gasteiger partial charge in [0.05, 0.1) is 0 Å². The van der Waals surface area contributed by atoms with E-state index in [0.29, 0.717) is 12.8 Å². The molecule has 0 aromatic carbocycles. The normalized spacial score (nSPS) is 24.1. The van der Waals surface area contributed by atoms with Crippen LogP contribution in [0, 0.1) is 5.41 Å². The Balaban J connectivity index is 2.03. The van der Waals surface area contributed by atoms with Crippen LogP contribution < -0.4 is 5.73 Å². The fourth-order valence-corrected chi connectivity index (χ4v) is 3.45. The molecule has 0 spiro atoms. The van der Waals surface area contributed by atoms with E-state index in [9.17, 15) is 4.79 Å². The summed E-state index contributed by atoms with van der Waals surface area (Å²) >= 11 is 0. The minimum atomic E-state index is -0.748. The predicted octanol–water partition coefficient (Wildman–Crippen LogP) is 0.847. The van der Waals surface area contributed by atoms with E-state index in [2.05, 4.69) is 17.0 Å². The van der Waals surface area contributed by atoms with E-state index in [1.165, 1.54) is 0 Å². The van der Waals surface area contributed by atoms with Crippen molar-refractivity contribution in [1.29, 1.82) is 0 Å². The van der Waals surface area contributed by atoms with E-state index in [1.807, 2.05) is 4.90 Å². The van der Waals surface area contributed by atoms with Crippen LogP contribution in [0.25, 0.3) is 0 Å². The number of nitrogens with two attached hydrogens (primary N) is 1. The zero-order chi connectivity index (χ0) is 14.6. The van der Waals surface area contributed by atoms with E-state index < -0.39 is 5.41 Å². The molecule has 2 fully saturated rings. The molecule has 1 saturated heterocycles. The number of carbonyl (C=O) groups excluding carboxylic acids is 1. The highest BCUT2D eigenvalue weighted by Crippen LogP contribution is 2.40. The molecule has 0 atom stereocenters. The van der Waals surface area contributed by atoms with Crippen molar-refractivity contribution in [3.05, 3.63) is 0 Å². The van der Waals surface area contributed by atoms with Crippen LogP contribution in [0.2, 0.25) is 0 Å². The van der Waals surface area contributed by atoms with Gasteiger partial charge in [0.1, 0.15) is 5.41 Å². The summed E-state index contributed by atoms with van der Waals surface area (Å²) in [5.74, 6) is 0.150. The first kappa shape index (κ1) is 15.1. The molecule has 1 saturated carbocycles. The molecule has 0 unspecified atom stereocenters. The van der Waals surface area contributed by atoms with Gasteiger partial charge in [-0.05, 0) is 25.8 Å². The minimum Gasteiger partial charge on any atom is -0.409 e.